The molecule has 18 nitrogen and oxygen atoms in total. The minimum Gasteiger partial charge on any atom is -0.459 e. The summed E-state index contributed by atoms with van der Waals surface area (Å²) >= 11 is 0. The van der Waals surface area contributed by atoms with Gasteiger partial charge < -0.3 is 64.0 Å². The van der Waals surface area contributed by atoms with Gasteiger partial charge in [0.1, 0.15) is 30.0 Å². The number of benzene rings is 1. The van der Waals surface area contributed by atoms with E-state index in [1.54, 1.807) is 65.8 Å². The van der Waals surface area contributed by atoms with Crippen molar-refractivity contribution in [2.24, 2.45) is 17.8 Å². The van der Waals surface area contributed by atoms with Crippen LogP contribution in [0, 0.1) is 61.7 Å². The molecule has 3 aliphatic heterocycles. The van der Waals surface area contributed by atoms with E-state index in [2.05, 4.69) is 57.3 Å². The Kier molecular flexibility index (Phi) is 39.2. The summed E-state index contributed by atoms with van der Waals surface area (Å²) < 4.78 is 59.2. The number of aliphatic hydroxyl groups is 6. The van der Waals surface area contributed by atoms with Gasteiger partial charge in [0, 0.05) is 67.4 Å². The number of ether oxygens (including phenoxy) is 6. The van der Waals surface area contributed by atoms with Gasteiger partial charge >= 0.3 is 5.97 Å². The van der Waals surface area contributed by atoms with Crippen LogP contribution in [-0.4, -0.2) is 210 Å². The summed E-state index contributed by atoms with van der Waals surface area (Å²) in [7, 11) is 6.76. The molecule has 3 saturated heterocycles. The van der Waals surface area contributed by atoms with Crippen LogP contribution in [0.1, 0.15) is 148 Å². The summed E-state index contributed by atoms with van der Waals surface area (Å²) in [5.41, 5.74) is -3.44. The zero-order chi connectivity index (χ0) is 68.1. The first-order valence-electron chi connectivity index (χ1n) is 30.9. The fourth-order valence-corrected chi connectivity index (χ4v) is 12.2. The molecular weight excluding hydrogens is 1170 g/mol. The molecule has 4 rings (SSSR count). The molecule has 0 unspecified atom stereocenters. The Balaban J connectivity index is 0.00000190. The number of aliphatic hydroxyl groups excluding tert-OH is 4. The molecule has 3 aliphatic rings. The number of terminal acetylenes is 3. The van der Waals surface area contributed by atoms with Gasteiger partial charge in [-0.1, -0.05) is 88.3 Å². The highest BCUT2D eigenvalue weighted by atomic mass is 35.7. The van der Waals surface area contributed by atoms with Gasteiger partial charge in [0.15, 0.2) is 12.6 Å². The van der Waals surface area contributed by atoms with Gasteiger partial charge in [-0.05, 0) is 166 Å². The molecule has 0 saturated carbocycles. The van der Waals surface area contributed by atoms with Crippen molar-refractivity contribution in [2.75, 3.05) is 47.4 Å². The summed E-state index contributed by atoms with van der Waals surface area (Å²) in [6.07, 6.45) is 17.5. The number of nitrogens with zero attached hydrogens (tertiary/aromatic N) is 3. The van der Waals surface area contributed by atoms with E-state index in [1.807, 2.05) is 70.7 Å². The second kappa shape index (κ2) is 41.0. The van der Waals surface area contributed by atoms with Crippen LogP contribution in [0.4, 0.5) is 0 Å². The fourth-order valence-electron chi connectivity index (χ4n) is 11.4. The summed E-state index contributed by atoms with van der Waals surface area (Å²) in [5.74, 6) is 4.42. The van der Waals surface area contributed by atoms with Crippen LogP contribution < -0.4 is 0 Å². The molecule has 0 radical (unpaired) electrons. The quantitative estimate of drug-likeness (QED) is 0.0550. The standard InChI is InChI=1S/C42H74N2O12.C8H19N.C7H7ClO2S.C6H8.C5H6O/c1-15-17-18-19-43(12)30-20-25(4)52-39(33(30)45)56-37-26(5)34(55-32-22-41(10,51-14)36(47)29(8)53-32)27(6)38(48)54-31(16-2)42(11,50)35(46)28(7)44(13)23-24(3)21-40(37,9)49;1-6-9(7(2)3)8(4)5;1-6-2-4-7(5-3-6)11(8,9)10;1-3-5-6-4-2;1-2-3-4-5-6/h1,17-18,24-37,39,45-47,49-50H,16,19-23H2,2-14H3;7-8H,6H2,1-5H3;2-5H,1H3;1,5-6H,4H2,2H3;1,3-4,6H,5H2/b18-17+;;;6-5+;4-3+/t24-,25-,26+,27-,28-,29+,30+,31-,32+,33-,34+,35-,36+,37-,39+,40-,41-,42-;;;;/m1..../s1. The second-order valence-corrected chi connectivity index (χ2v) is 27.3. The molecule has 20 heteroatoms. The van der Waals surface area contributed by atoms with Crippen LogP contribution in [0.2, 0.25) is 0 Å². The third-order valence-electron chi connectivity index (χ3n) is 16.5. The maximum atomic E-state index is 14.3. The molecule has 18 atom stereocenters. The molecule has 0 amide bonds. The van der Waals surface area contributed by atoms with Crippen LogP contribution in [0.15, 0.2) is 65.6 Å². The molecule has 3 fully saturated rings. The summed E-state index contributed by atoms with van der Waals surface area (Å²) in [5, 5.41) is 66.7. The highest BCUT2D eigenvalue weighted by Crippen LogP contribution is 2.40. The van der Waals surface area contributed by atoms with Crippen molar-refractivity contribution >= 4 is 25.7 Å². The number of hydrogen-bond donors (Lipinski definition) is 6. The fraction of sp³-hybridized carbons (Fsp3) is 0.721. The molecule has 0 bridgehead atoms. The van der Waals surface area contributed by atoms with Gasteiger partial charge in [-0.3, -0.25) is 14.6 Å². The second-order valence-electron chi connectivity index (χ2n) is 24.7. The summed E-state index contributed by atoms with van der Waals surface area (Å²) in [6, 6.07) is 6.83. The Labute approximate surface area is 535 Å². The first-order valence-corrected chi connectivity index (χ1v) is 33.2. The Morgan fingerprint density at radius 1 is 0.852 bits per heavy atom. The van der Waals surface area contributed by atoms with Gasteiger partial charge in [-0.25, -0.2) is 8.42 Å². The van der Waals surface area contributed by atoms with Crippen molar-refractivity contribution in [3.63, 3.8) is 0 Å². The van der Waals surface area contributed by atoms with E-state index in [-0.39, 0.29) is 48.8 Å². The topological polar surface area (TPSA) is 238 Å². The van der Waals surface area contributed by atoms with Gasteiger partial charge in [0.05, 0.1) is 53.0 Å². The van der Waals surface area contributed by atoms with E-state index in [0.29, 0.717) is 31.6 Å². The maximum absolute atomic E-state index is 14.3. The number of carbonyl (C=O) groups is 1. The lowest BCUT2D eigenvalue weighted by atomic mass is 9.77. The number of carbonyl (C=O) groups excluding carboxylic acids is 1. The monoisotopic (exact) mass is 1280 g/mol. The van der Waals surface area contributed by atoms with Crippen molar-refractivity contribution < 1.29 is 72.3 Å². The smallest absolute Gasteiger partial charge is 0.311 e. The number of esters is 1. The molecule has 1 aromatic rings. The molecule has 1 aromatic carbocycles. The number of likely N-dealkylation sites (N-methyl/N-ethyl adjacent to an activating group) is 2. The van der Waals surface area contributed by atoms with E-state index in [9.17, 15) is 38.7 Å². The predicted molar refractivity (Wildman–Crippen MR) is 351 cm³/mol. The zero-order valence-electron chi connectivity index (χ0n) is 56.7. The number of aryl methyl sites for hydroxylation is 1. The molecule has 88 heavy (non-hydrogen) atoms. The van der Waals surface area contributed by atoms with E-state index in [1.165, 1.54) is 38.3 Å². The van der Waals surface area contributed by atoms with Crippen LogP contribution in [0.5, 0.6) is 0 Å². The van der Waals surface area contributed by atoms with Crippen LogP contribution in [0.25, 0.3) is 0 Å². The number of allylic oxidation sites excluding steroid dienone is 4. The van der Waals surface area contributed by atoms with Crippen molar-refractivity contribution in [3.05, 3.63) is 66.3 Å². The Morgan fingerprint density at radius 3 is 1.84 bits per heavy atom. The average molecular weight is 1280 g/mol. The van der Waals surface area contributed by atoms with Crippen molar-refractivity contribution in [3.8, 4) is 37.0 Å². The number of rotatable bonds is 15. The molecule has 504 valence electrons. The van der Waals surface area contributed by atoms with Gasteiger partial charge in [-0.15, -0.1) is 19.3 Å². The summed E-state index contributed by atoms with van der Waals surface area (Å²) in [6.45, 7) is 34.7. The molecule has 0 aliphatic carbocycles. The normalized spacial score (nSPS) is 33.7. The predicted octanol–water partition coefficient (Wildman–Crippen LogP) is 8.26. The number of hydrogen-bond acceptors (Lipinski definition) is 18. The van der Waals surface area contributed by atoms with Crippen LogP contribution in [0.3, 0.4) is 0 Å². The van der Waals surface area contributed by atoms with Gasteiger partial charge in [0.2, 0.25) is 0 Å². The first kappa shape index (κ1) is 84.3. The minimum absolute atomic E-state index is 0.0319. The Bertz CT molecular complexity index is 2440. The molecular formula is C68H114ClN3O15S. The number of cyclic esters (lactones) is 1. The lowest BCUT2D eigenvalue weighted by molar-refractivity contribution is -0.318. The van der Waals surface area contributed by atoms with Crippen LogP contribution >= 0.6 is 10.7 Å². The minimum atomic E-state index is -3.55. The lowest BCUT2D eigenvalue weighted by Crippen LogP contribution is -2.60. The Morgan fingerprint density at radius 2 is 1.40 bits per heavy atom. The van der Waals surface area contributed by atoms with Crippen molar-refractivity contribution in [1.82, 2.24) is 14.7 Å². The van der Waals surface area contributed by atoms with E-state index in [4.69, 9.17) is 63.5 Å². The number of methoxy groups -OCH3 is 1. The van der Waals surface area contributed by atoms with Crippen molar-refractivity contribution in [2.45, 2.75) is 257 Å². The molecule has 6 N–H and O–H groups in total. The third kappa shape index (κ3) is 27.6. The van der Waals surface area contributed by atoms with E-state index < -0.39 is 105 Å². The number of halogens is 1. The highest BCUT2D eigenvalue weighted by molar-refractivity contribution is 8.13. The maximum Gasteiger partial charge on any atom is 0.311 e. The van der Waals surface area contributed by atoms with Gasteiger partial charge in [0.25, 0.3) is 9.05 Å². The molecule has 0 aromatic heterocycles. The summed E-state index contributed by atoms with van der Waals surface area (Å²) in [4.78, 5) is 20.8. The third-order valence-corrected chi connectivity index (χ3v) is 17.9. The van der Waals surface area contributed by atoms with E-state index >= 15 is 0 Å². The highest BCUT2D eigenvalue weighted by Gasteiger charge is 2.53. The SMILES string of the molecule is C#C/C=C/CC.C#C/C=C/CN(C)[C@H]1C[C@@H](C)O[C@@H](O[C@@H]2[C@@H](C)[C@H](O[C@H]3C[C@@](C)(OC)[C@@H](O)[C@H](C)O3)[C@@H](C)C(=O)O[C@H](CC)[C@@](C)(O)[C@H](O)[C@@H](C)N(C)C[C@H](C)C[C@@]2(C)O)[C@@H]1O.C#C/C=C/CO.CCN(C(C)C)C(C)C.Cc1ccc(S(=O)(=O)Cl)cc1. The average Bonchev–Trinajstić information content (AvgIpc) is 2.78. The zero-order valence-corrected chi connectivity index (χ0v) is 58.2. The molecule has 3 heterocycles. The van der Waals surface area contributed by atoms with E-state index in [0.717, 1.165) is 18.5 Å². The first-order chi connectivity index (χ1) is 40.9. The van der Waals surface area contributed by atoms with Crippen LogP contribution in [-0.2, 0) is 42.3 Å². The lowest BCUT2D eigenvalue weighted by Gasteiger charge is -2.49. The van der Waals surface area contributed by atoms with Crippen molar-refractivity contribution in [1.29, 1.82) is 0 Å². The molecule has 0 spiro atoms. The Hall–Kier alpha value is -3.73. The largest absolute Gasteiger partial charge is 0.459 e. The van der Waals surface area contributed by atoms with Gasteiger partial charge in [-0.2, -0.15) is 0 Å².